The zero-order valence-corrected chi connectivity index (χ0v) is 29.7. The van der Waals surface area contributed by atoms with Crippen molar-refractivity contribution in [3.05, 3.63) is 83.4 Å². The van der Waals surface area contributed by atoms with Gasteiger partial charge in [0.1, 0.15) is 11.5 Å². The number of rotatable bonds is 15. The number of ketones is 1. The maximum Gasteiger partial charge on any atom is 0.330 e. The van der Waals surface area contributed by atoms with Gasteiger partial charge in [0.15, 0.2) is 18.4 Å². The number of carbonyl (C=O) groups is 5. The average Bonchev–Trinajstić information content (AvgIpc) is 3.29. The van der Waals surface area contributed by atoms with E-state index in [2.05, 4.69) is 10.6 Å². The Morgan fingerprint density at radius 3 is 2.24 bits per heavy atom. The lowest BCUT2D eigenvalue weighted by Gasteiger charge is -2.29. The van der Waals surface area contributed by atoms with Crippen molar-refractivity contribution < 1.29 is 38.2 Å². The molecule has 4 rings (SSSR count). The highest BCUT2D eigenvalue weighted by Crippen LogP contribution is 2.32. The van der Waals surface area contributed by atoms with Gasteiger partial charge < -0.3 is 24.8 Å². The molecule has 1 fully saturated rings. The van der Waals surface area contributed by atoms with Crippen molar-refractivity contribution in [2.75, 3.05) is 31.0 Å². The minimum absolute atomic E-state index is 0.0167. The summed E-state index contributed by atoms with van der Waals surface area (Å²) in [5.41, 5.74) is 2.03. The molecule has 0 spiro atoms. The zero-order valence-electron chi connectivity index (χ0n) is 29.7. The minimum atomic E-state index is -1.83. The fourth-order valence-electron chi connectivity index (χ4n) is 5.41. The molecule has 2 unspecified atom stereocenters. The number of nitrogens with one attached hydrogen (secondary N) is 2. The highest BCUT2D eigenvalue weighted by molar-refractivity contribution is 6.19. The molecule has 50 heavy (non-hydrogen) atoms. The third-order valence-electron chi connectivity index (χ3n) is 8.06. The molecule has 5 amide bonds. The van der Waals surface area contributed by atoms with Crippen LogP contribution in [0.4, 0.5) is 16.2 Å². The molecule has 1 saturated heterocycles. The van der Waals surface area contributed by atoms with Gasteiger partial charge in [-0.15, -0.1) is 0 Å². The first-order chi connectivity index (χ1) is 23.7. The standard InChI is InChI=1S/C38H46N4O8/c1-8-9-19-49-30-18-16-27(39-31(43)23-50-29-17-15-24(2)20-25(29)3)21-28(30)40-34(45)32(33(44)38(4,5)6)42-35(46)36(48-7)41(37(42)47)22-26-13-11-10-12-14-26/h10-18,20-21,32,36H,8-9,19,22-23H2,1-7H3,(H,39,43)(H,40,45). The number of nitrogens with zero attached hydrogens (tertiary/aromatic N) is 2. The minimum Gasteiger partial charge on any atom is -0.491 e. The largest absolute Gasteiger partial charge is 0.491 e. The van der Waals surface area contributed by atoms with E-state index in [1.165, 1.54) is 18.1 Å². The van der Waals surface area contributed by atoms with Crippen LogP contribution < -0.4 is 20.1 Å². The predicted molar refractivity (Wildman–Crippen MR) is 189 cm³/mol. The van der Waals surface area contributed by atoms with Gasteiger partial charge in [0.05, 0.1) is 18.8 Å². The number of ether oxygens (including phenoxy) is 3. The highest BCUT2D eigenvalue weighted by atomic mass is 16.5. The quantitative estimate of drug-likeness (QED) is 0.115. The van der Waals surface area contributed by atoms with Gasteiger partial charge in [-0.05, 0) is 55.7 Å². The van der Waals surface area contributed by atoms with Crippen molar-refractivity contribution in [1.82, 2.24) is 9.80 Å². The van der Waals surface area contributed by atoms with Crippen molar-refractivity contribution in [1.29, 1.82) is 0 Å². The van der Waals surface area contributed by atoms with Gasteiger partial charge in [0.2, 0.25) is 6.23 Å². The normalized spacial score (nSPS) is 15.1. The molecule has 12 heteroatoms. The zero-order chi connectivity index (χ0) is 36.6. The molecule has 0 radical (unpaired) electrons. The summed E-state index contributed by atoms with van der Waals surface area (Å²) in [6, 6.07) is 16.7. The Kier molecular flexibility index (Phi) is 12.4. The molecule has 1 aliphatic heterocycles. The van der Waals surface area contributed by atoms with Gasteiger partial charge in [0.25, 0.3) is 17.7 Å². The smallest absolute Gasteiger partial charge is 0.330 e. The van der Waals surface area contributed by atoms with Gasteiger partial charge in [-0.3, -0.25) is 24.1 Å². The Balaban J connectivity index is 1.62. The first-order valence-electron chi connectivity index (χ1n) is 16.6. The molecule has 0 saturated carbocycles. The van der Waals surface area contributed by atoms with Crippen LogP contribution in [0.15, 0.2) is 66.7 Å². The number of urea groups is 1. The Labute approximate surface area is 293 Å². The van der Waals surface area contributed by atoms with Crippen molar-refractivity contribution in [3.63, 3.8) is 0 Å². The van der Waals surface area contributed by atoms with Crippen LogP contribution in [-0.4, -0.2) is 71.9 Å². The Morgan fingerprint density at radius 2 is 1.60 bits per heavy atom. The summed E-state index contributed by atoms with van der Waals surface area (Å²) >= 11 is 0. The first kappa shape index (κ1) is 37.6. The van der Waals surface area contributed by atoms with E-state index in [0.29, 0.717) is 22.9 Å². The van der Waals surface area contributed by atoms with Crippen LogP contribution >= 0.6 is 0 Å². The number of anilines is 2. The lowest BCUT2D eigenvalue weighted by Crippen LogP contribution is -2.55. The van der Waals surface area contributed by atoms with Crippen molar-refractivity contribution >= 4 is 40.9 Å². The molecular weight excluding hydrogens is 640 g/mol. The third kappa shape index (κ3) is 9.06. The number of benzene rings is 3. The van der Waals surface area contributed by atoms with Gasteiger partial charge in [-0.1, -0.05) is 82.1 Å². The molecule has 12 nitrogen and oxygen atoms in total. The summed E-state index contributed by atoms with van der Waals surface area (Å²) in [7, 11) is 1.28. The van der Waals surface area contributed by atoms with Crippen LogP contribution in [0, 0.1) is 19.3 Å². The van der Waals surface area contributed by atoms with E-state index in [9.17, 15) is 24.0 Å². The van der Waals surface area contributed by atoms with Crippen LogP contribution in [0.1, 0.15) is 57.2 Å². The van der Waals surface area contributed by atoms with E-state index >= 15 is 0 Å². The van der Waals surface area contributed by atoms with Crippen LogP contribution in [-0.2, 0) is 30.5 Å². The lowest BCUT2D eigenvalue weighted by molar-refractivity contribution is -0.148. The van der Waals surface area contributed by atoms with Crippen molar-refractivity contribution in [2.24, 2.45) is 5.41 Å². The number of amides is 5. The van der Waals surface area contributed by atoms with Gasteiger partial charge >= 0.3 is 6.03 Å². The van der Waals surface area contributed by atoms with Crippen LogP contribution in [0.2, 0.25) is 0 Å². The van der Waals surface area contributed by atoms with Crippen molar-refractivity contribution in [2.45, 2.75) is 73.2 Å². The highest BCUT2D eigenvalue weighted by Gasteiger charge is 2.54. The summed E-state index contributed by atoms with van der Waals surface area (Å²) < 4.78 is 17.1. The SMILES string of the molecule is CCCCOc1ccc(NC(=O)COc2ccc(C)cc2C)cc1NC(=O)C(C(=O)C(C)(C)C)N1C(=O)C(OC)N(Cc2ccccc2)C1=O. The molecule has 0 aromatic heterocycles. The fourth-order valence-corrected chi connectivity index (χ4v) is 5.41. The van der Waals surface area contributed by atoms with E-state index < -0.39 is 47.2 Å². The van der Waals surface area contributed by atoms with E-state index in [1.54, 1.807) is 63.2 Å². The number of Topliss-reactive ketones (excluding diaryl/α,β-unsaturated/α-hetero) is 1. The molecule has 266 valence electrons. The second kappa shape index (κ2) is 16.4. The Bertz CT molecular complexity index is 1720. The number of aryl methyl sites for hydroxylation is 2. The number of hydrogen-bond acceptors (Lipinski definition) is 8. The monoisotopic (exact) mass is 686 g/mol. The Morgan fingerprint density at radius 1 is 0.900 bits per heavy atom. The molecule has 0 aliphatic carbocycles. The summed E-state index contributed by atoms with van der Waals surface area (Å²) in [4.78, 5) is 70.4. The van der Waals surface area contributed by atoms with Crippen molar-refractivity contribution in [3.8, 4) is 11.5 Å². The topological polar surface area (TPSA) is 144 Å². The van der Waals surface area contributed by atoms with E-state index in [1.807, 2.05) is 39.0 Å². The summed E-state index contributed by atoms with van der Waals surface area (Å²) in [5.74, 6) is -2.01. The van der Waals surface area contributed by atoms with Crippen LogP contribution in [0.3, 0.4) is 0 Å². The summed E-state index contributed by atoms with van der Waals surface area (Å²) in [5, 5.41) is 5.48. The number of hydrogen-bond donors (Lipinski definition) is 2. The third-order valence-corrected chi connectivity index (χ3v) is 8.06. The predicted octanol–water partition coefficient (Wildman–Crippen LogP) is 5.86. The number of methoxy groups -OCH3 is 1. The van der Waals surface area contributed by atoms with E-state index in [-0.39, 0.29) is 24.6 Å². The molecule has 1 aliphatic rings. The fraction of sp³-hybridized carbons (Fsp3) is 0.395. The molecule has 0 bridgehead atoms. The maximum atomic E-state index is 14.2. The first-order valence-corrected chi connectivity index (χ1v) is 16.6. The van der Waals surface area contributed by atoms with E-state index in [0.717, 1.165) is 29.5 Å². The summed E-state index contributed by atoms with van der Waals surface area (Å²) in [6.45, 7) is 10.8. The van der Waals surface area contributed by atoms with Gasteiger partial charge in [-0.25, -0.2) is 9.69 Å². The number of imide groups is 1. The maximum absolute atomic E-state index is 14.2. The van der Waals surface area contributed by atoms with E-state index in [4.69, 9.17) is 14.2 Å². The number of unbranched alkanes of at least 4 members (excludes halogenated alkanes) is 1. The van der Waals surface area contributed by atoms with Gasteiger partial charge in [0, 0.05) is 18.2 Å². The molecule has 2 N–H and O–H groups in total. The molecular formula is C38H46N4O8. The van der Waals surface area contributed by atoms with Crippen LogP contribution in [0.25, 0.3) is 0 Å². The summed E-state index contributed by atoms with van der Waals surface area (Å²) in [6.07, 6.45) is 0.250. The second-order valence-corrected chi connectivity index (χ2v) is 13.2. The second-order valence-electron chi connectivity index (χ2n) is 13.2. The molecule has 1 heterocycles. The number of carbonyl (C=O) groups excluding carboxylic acids is 5. The molecule has 2 atom stereocenters. The molecule has 3 aromatic rings. The lowest BCUT2D eigenvalue weighted by atomic mass is 9.85. The molecule has 3 aromatic carbocycles. The average molecular weight is 687 g/mol. The Hall–Kier alpha value is -5.23. The van der Waals surface area contributed by atoms with Gasteiger partial charge in [-0.2, -0.15) is 0 Å². The van der Waals surface area contributed by atoms with Crippen LogP contribution in [0.5, 0.6) is 11.5 Å².